The first-order valence-electron chi connectivity index (χ1n) is 7.96. The van der Waals surface area contributed by atoms with Gasteiger partial charge in [0.25, 0.3) is 0 Å². The molecule has 5 nitrogen and oxygen atoms in total. The van der Waals surface area contributed by atoms with E-state index in [9.17, 15) is 8.42 Å². The number of nitrogens with zero attached hydrogens (tertiary/aromatic N) is 1. The Hall–Kier alpha value is -0.850. The molecule has 6 heteroatoms. The van der Waals surface area contributed by atoms with E-state index >= 15 is 0 Å². The van der Waals surface area contributed by atoms with E-state index in [1.165, 1.54) is 0 Å². The average Bonchev–Trinajstić information content (AvgIpc) is 2.82. The van der Waals surface area contributed by atoms with Gasteiger partial charge in [-0.3, -0.25) is 0 Å². The molecule has 120 valence electrons. The van der Waals surface area contributed by atoms with E-state index in [0.717, 1.165) is 37.9 Å². The summed E-state index contributed by atoms with van der Waals surface area (Å²) in [7, 11) is -3.35. The van der Waals surface area contributed by atoms with Crippen LogP contribution in [-0.2, 0) is 16.6 Å². The summed E-state index contributed by atoms with van der Waals surface area (Å²) in [5, 5.41) is 3.19. The minimum absolute atomic E-state index is 0.394. The van der Waals surface area contributed by atoms with Crippen molar-refractivity contribution in [3.8, 4) is 0 Å². The van der Waals surface area contributed by atoms with E-state index in [1.807, 2.05) is 6.92 Å². The average molecular weight is 313 g/mol. The Morgan fingerprint density at radius 1 is 1.33 bits per heavy atom. The van der Waals surface area contributed by atoms with Crippen molar-refractivity contribution < 1.29 is 8.42 Å². The number of H-pyrrole nitrogens is 1. The predicted molar refractivity (Wildman–Crippen MR) is 84.6 cm³/mol. The van der Waals surface area contributed by atoms with Crippen molar-refractivity contribution in [3.05, 3.63) is 18.0 Å². The highest BCUT2D eigenvalue weighted by Gasteiger charge is 2.27. The van der Waals surface area contributed by atoms with Crippen LogP contribution in [-0.4, -0.2) is 37.3 Å². The molecule has 0 radical (unpaired) electrons. The summed E-state index contributed by atoms with van der Waals surface area (Å²) in [6, 6.07) is 1.75. The van der Waals surface area contributed by atoms with Crippen LogP contribution in [0.1, 0.15) is 45.2 Å². The highest BCUT2D eigenvalue weighted by Crippen LogP contribution is 2.25. The molecule has 1 aliphatic rings. The summed E-state index contributed by atoms with van der Waals surface area (Å²) >= 11 is 0. The van der Waals surface area contributed by atoms with Crippen molar-refractivity contribution in [3.63, 3.8) is 0 Å². The molecule has 0 aromatic carbocycles. The Labute approximate surface area is 128 Å². The highest BCUT2D eigenvalue weighted by atomic mass is 32.2. The van der Waals surface area contributed by atoms with Crippen molar-refractivity contribution in [1.29, 1.82) is 0 Å². The van der Waals surface area contributed by atoms with Gasteiger partial charge < -0.3 is 10.3 Å². The number of hydrogen-bond acceptors (Lipinski definition) is 3. The molecule has 1 atom stereocenters. The fraction of sp³-hybridized carbons (Fsp3) is 0.733. The summed E-state index contributed by atoms with van der Waals surface area (Å²) in [5.74, 6) is 0.667. The number of rotatable bonds is 6. The second kappa shape index (κ2) is 7.42. The smallest absolute Gasteiger partial charge is 0.244 e. The van der Waals surface area contributed by atoms with Gasteiger partial charge in [0.05, 0.1) is 4.90 Å². The fourth-order valence-corrected chi connectivity index (χ4v) is 4.38. The lowest BCUT2D eigenvalue weighted by Crippen LogP contribution is -2.31. The van der Waals surface area contributed by atoms with E-state index in [1.54, 1.807) is 16.6 Å². The standard InChI is InChI=1S/C15H27N3O2S/c1-3-13-6-5-8-18(9-7-13)21(19,20)15-10-14(17-12-15)11-16-4-2/h10,12-13,16-17H,3-9,11H2,1-2H3. The van der Waals surface area contributed by atoms with Crippen LogP contribution in [0.15, 0.2) is 17.2 Å². The van der Waals surface area contributed by atoms with Gasteiger partial charge in [0.2, 0.25) is 10.0 Å². The number of hydrogen-bond donors (Lipinski definition) is 2. The van der Waals surface area contributed by atoms with Gasteiger partial charge in [-0.05, 0) is 37.8 Å². The largest absolute Gasteiger partial charge is 0.363 e. The Bertz CT molecular complexity index is 539. The lowest BCUT2D eigenvalue weighted by atomic mass is 9.98. The molecular weight excluding hydrogens is 286 g/mol. The Kier molecular flexibility index (Phi) is 5.84. The third-order valence-electron chi connectivity index (χ3n) is 4.30. The third-order valence-corrected chi connectivity index (χ3v) is 6.18. The van der Waals surface area contributed by atoms with E-state index in [2.05, 4.69) is 17.2 Å². The molecule has 1 saturated heterocycles. The molecule has 0 amide bonds. The minimum atomic E-state index is -3.35. The van der Waals surface area contributed by atoms with E-state index < -0.39 is 10.0 Å². The zero-order chi connectivity index (χ0) is 15.3. The zero-order valence-corrected chi connectivity index (χ0v) is 13.9. The number of sulfonamides is 1. The van der Waals surface area contributed by atoms with Gasteiger partial charge in [-0.25, -0.2) is 8.42 Å². The zero-order valence-electron chi connectivity index (χ0n) is 13.1. The summed E-state index contributed by atoms with van der Waals surface area (Å²) in [4.78, 5) is 3.45. The molecule has 2 rings (SSSR count). The molecular formula is C15H27N3O2S. The molecule has 1 aromatic rings. The molecule has 1 aliphatic heterocycles. The molecule has 0 spiro atoms. The molecule has 0 saturated carbocycles. The topological polar surface area (TPSA) is 65.2 Å². The summed E-state index contributed by atoms with van der Waals surface area (Å²) in [6.45, 7) is 7.05. The molecule has 2 heterocycles. The molecule has 1 unspecified atom stereocenters. The lowest BCUT2D eigenvalue weighted by molar-refractivity contribution is 0.407. The monoisotopic (exact) mass is 313 g/mol. The molecule has 0 bridgehead atoms. The maximum absolute atomic E-state index is 12.7. The Balaban J connectivity index is 2.08. The molecule has 21 heavy (non-hydrogen) atoms. The van der Waals surface area contributed by atoms with Crippen LogP contribution in [0, 0.1) is 5.92 Å². The second-order valence-electron chi connectivity index (χ2n) is 5.75. The van der Waals surface area contributed by atoms with Gasteiger partial charge in [-0.2, -0.15) is 4.31 Å². The normalized spacial score (nSPS) is 21.3. The van der Waals surface area contributed by atoms with Gasteiger partial charge in [-0.1, -0.05) is 20.3 Å². The van der Waals surface area contributed by atoms with Crippen LogP contribution in [0.25, 0.3) is 0 Å². The Morgan fingerprint density at radius 2 is 2.14 bits per heavy atom. The van der Waals surface area contributed by atoms with Crippen molar-refractivity contribution >= 4 is 10.0 Å². The quantitative estimate of drug-likeness (QED) is 0.847. The van der Waals surface area contributed by atoms with Crippen LogP contribution in [0.5, 0.6) is 0 Å². The SMILES string of the molecule is CCNCc1cc(S(=O)(=O)N2CCCC(CC)CC2)c[nH]1. The van der Waals surface area contributed by atoms with Crippen molar-refractivity contribution in [2.75, 3.05) is 19.6 Å². The molecule has 2 N–H and O–H groups in total. The number of nitrogens with one attached hydrogen (secondary N) is 2. The maximum atomic E-state index is 12.7. The fourth-order valence-electron chi connectivity index (χ4n) is 2.87. The molecule has 1 aromatic heterocycles. The second-order valence-corrected chi connectivity index (χ2v) is 7.69. The van der Waals surface area contributed by atoms with Crippen LogP contribution >= 0.6 is 0 Å². The number of aromatic nitrogens is 1. The third kappa shape index (κ3) is 4.08. The lowest BCUT2D eigenvalue weighted by Gasteiger charge is -2.19. The van der Waals surface area contributed by atoms with Crippen LogP contribution in [0.3, 0.4) is 0 Å². The first-order chi connectivity index (χ1) is 10.1. The van der Waals surface area contributed by atoms with Crippen LogP contribution in [0.2, 0.25) is 0 Å². The molecule has 0 aliphatic carbocycles. The van der Waals surface area contributed by atoms with Gasteiger partial charge >= 0.3 is 0 Å². The summed E-state index contributed by atoms with van der Waals surface area (Å²) < 4.78 is 27.1. The summed E-state index contributed by atoms with van der Waals surface area (Å²) in [6.07, 6.45) is 5.84. The first-order valence-corrected chi connectivity index (χ1v) is 9.40. The molecule has 1 fully saturated rings. The van der Waals surface area contributed by atoms with Gasteiger partial charge in [0.1, 0.15) is 0 Å². The summed E-state index contributed by atoms with van der Waals surface area (Å²) in [5.41, 5.74) is 0.914. The maximum Gasteiger partial charge on any atom is 0.244 e. The Morgan fingerprint density at radius 3 is 2.86 bits per heavy atom. The van der Waals surface area contributed by atoms with Crippen molar-refractivity contribution in [2.45, 2.75) is 51.0 Å². The predicted octanol–water partition coefficient (Wildman–Crippen LogP) is 2.32. The van der Waals surface area contributed by atoms with Crippen molar-refractivity contribution in [2.24, 2.45) is 5.92 Å². The minimum Gasteiger partial charge on any atom is -0.363 e. The van der Waals surface area contributed by atoms with Crippen molar-refractivity contribution in [1.82, 2.24) is 14.6 Å². The van der Waals surface area contributed by atoms with Gasteiger partial charge in [-0.15, -0.1) is 0 Å². The highest BCUT2D eigenvalue weighted by molar-refractivity contribution is 7.89. The van der Waals surface area contributed by atoms with Crippen LogP contribution < -0.4 is 5.32 Å². The van der Waals surface area contributed by atoms with E-state index in [0.29, 0.717) is 30.4 Å². The van der Waals surface area contributed by atoms with E-state index in [-0.39, 0.29) is 0 Å². The van der Waals surface area contributed by atoms with Crippen LogP contribution in [0.4, 0.5) is 0 Å². The first kappa shape index (κ1) is 16.5. The van der Waals surface area contributed by atoms with Gasteiger partial charge in [0, 0.05) is 31.5 Å². The van der Waals surface area contributed by atoms with E-state index in [4.69, 9.17) is 0 Å². The number of aromatic amines is 1. The van der Waals surface area contributed by atoms with Gasteiger partial charge in [0.15, 0.2) is 0 Å².